The Hall–Kier alpha value is -2.60. The number of carbonyl (C=O) groups excluding carboxylic acids is 1. The van der Waals surface area contributed by atoms with Gasteiger partial charge in [-0.05, 0) is 24.3 Å². The van der Waals surface area contributed by atoms with Crippen molar-refractivity contribution in [3.8, 4) is 11.3 Å². The lowest BCUT2D eigenvalue weighted by molar-refractivity contribution is 0.0950. The smallest absolute Gasteiger partial charge is 0.253 e. The van der Waals surface area contributed by atoms with Crippen molar-refractivity contribution in [2.75, 3.05) is 0 Å². The van der Waals surface area contributed by atoms with Gasteiger partial charge >= 0.3 is 0 Å². The van der Waals surface area contributed by atoms with Crippen molar-refractivity contribution < 1.29 is 4.79 Å². The van der Waals surface area contributed by atoms with Crippen molar-refractivity contribution in [3.63, 3.8) is 0 Å². The molecule has 0 spiro atoms. The van der Waals surface area contributed by atoms with Gasteiger partial charge in [-0.1, -0.05) is 0 Å². The fourth-order valence-corrected chi connectivity index (χ4v) is 2.54. The Morgan fingerprint density at radius 3 is 2.67 bits per heavy atom. The number of hydrogen-bond acceptors (Lipinski definition) is 5. The molecule has 3 aromatic heterocycles. The molecular formula is C15H12N4OS. The van der Waals surface area contributed by atoms with Gasteiger partial charge in [0.1, 0.15) is 5.01 Å². The van der Waals surface area contributed by atoms with Gasteiger partial charge in [0.25, 0.3) is 5.91 Å². The maximum absolute atomic E-state index is 11.9. The minimum absolute atomic E-state index is 0.152. The van der Waals surface area contributed by atoms with E-state index in [9.17, 15) is 4.79 Å². The van der Waals surface area contributed by atoms with Gasteiger partial charge in [-0.15, -0.1) is 11.3 Å². The second-order valence-corrected chi connectivity index (χ2v) is 5.24. The number of thiazole rings is 1. The Morgan fingerprint density at radius 1 is 1.14 bits per heavy atom. The maximum Gasteiger partial charge on any atom is 0.253 e. The van der Waals surface area contributed by atoms with E-state index in [2.05, 4.69) is 20.3 Å². The normalized spacial score (nSPS) is 10.3. The van der Waals surface area contributed by atoms with Crippen LogP contribution in [0.1, 0.15) is 15.4 Å². The third kappa shape index (κ3) is 3.29. The van der Waals surface area contributed by atoms with Crippen LogP contribution in [0.5, 0.6) is 0 Å². The fourth-order valence-electron chi connectivity index (χ4n) is 1.79. The lowest BCUT2D eigenvalue weighted by atomic mass is 10.2. The summed E-state index contributed by atoms with van der Waals surface area (Å²) in [6, 6.07) is 7.29. The van der Waals surface area contributed by atoms with E-state index in [0.29, 0.717) is 12.1 Å². The molecule has 0 bridgehead atoms. The minimum Gasteiger partial charge on any atom is -0.345 e. The van der Waals surface area contributed by atoms with Crippen LogP contribution in [-0.2, 0) is 6.54 Å². The molecule has 0 saturated heterocycles. The highest BCUT2D eigenvalue weighted by atomic mass is 32.1. The number of nitrogens with one attached hydrogen (secondary N) is 1. The van der Waals surface area contributed by atoms with Gasteiger partial charge in [-0.2, -0.15) is 0 Å². The molecule has 0 aliphatic heterocycles. The van der Waals surface area contributed by atoms with Crippen LogP contribution in [0, 0.1) is 0 Å². The summed E-state index contributed by atoms with van der Waals surface area (Å²) in [4.78, 5) is 24.4. The monoisotopic (exact) mass is 296 g/mol. The van der Waals surface area contributed by atoms with Crippen LogP contribution in [0.4, 0.5) is 0 Å². The third-order valence-corrected chi connectivity index (χ3v) is 3.68. The van der Waals surface area contributed by atoms with Crippen LogP contribution in [0.2, 0.25) is 0 Å². The highest BCUT2D eigenvalue weighted by molar-refractivity contribution is 7.09. The van der Waals surface area contributed by atoms with Gasteiger partial charge in [0, 0.05) is 35.7 Å². The molecule has 21 heavy (non-hydrogen) atoms. The molecule has 0 aromatic carbocycles. The quantitative estimate of drug-likeness (QED) is 0.803. The largest absolute Gasteiger partial charge is 0.345 e. The third-order valence-electron chi connectivity index (χ3n) is 2.83. The predicted octanol–water partition coefficient (Wildman–Crippen LogP) is 2.53. The first-order valence-electron chi connectivity index (χ1n) is 6.36. The van der Waals surface area contributed by atoms with E-state index in [1.54, 1.807) is 30.7 Å². The summed E-state index contributed by atoms with van der Waals surface area (Å²) in [6.45, 7) is 0.401. The Kier molecular flexibility index (Phi) is 3.97. The SMILES string of the molecule is O=C(NCc1nc(-c2cccnc2)cs1)c1cccnc1. The Morgan fingerprint density at radius 2 is 1.95 bits per heavy atom. The first kappa shape index (κ1) is 13.4. The van der Waals surface area contributed by atoms with E-state index in [0.717, 1.165) is 16.3 Å². The lowest BCUT2D eigenvalue weighted by Gasteiger charge is -2.02. The summed E-state index contributed by atoms with van der Waals surface area (Å²) in [5, 5.41) is 5.65. The molecule has 3 rings (SSSR count). The summed E-state index contributed by atoms with van der Waals surface area (Å²) in [7, 11) is 0. The Bertz CT molecular complexity index is 728. The Balaban J connectivity index is 1.64. The van der Waals surface area contributed by atoms with Gasteiger partial charge in [0.05, 0.1) is 17.8 Å². The van der Waals surface area contributed by atoms with Crippen molar-refractivity contribution in [1.29, 1.82) is 0 Å². The van der Waals surface area contributed by atoms with Crippen molar-refractivity contribution >= 4 is 17.2 Å². The van der Waals surface area contributed by atoms with E-state index in [1.807, 2.05) is 17.5 Å². The van der Waals surface area contributed by atoms with Gasteiger partial charge in [-0.25, -0.2) is 4.98 Å². The van der Waals surface area contributed by atoms with Crippen LogP contribution < -0.4 is 5.32 Å². The van der Waals surface area contributed by atoms with Gasteiger partial charge in [0.2, 0.25) is 0 Å². The Labute approximate surface area is 125 Å². The number of amides is 1. The molecule has 0 fully saturated rings. The zero-order chi connectivity index (χ0) is 14.5. The standard InChI is InChI=1S/C15H12N4OS/c20-15(12-4-2-6-17-8-12)18-9-14-19-13(10-21-14)11-3-1-5-16-7-11/h1-8,10H,9H2,(H,18,20). The summed E-state index contributed by atoms with van der Waals surface area (Å²) >= 11 is 1.51. The van der Waals surface area contributed by atoms with Crippen molar-refractivity contribution in [2.45, 2.75) is 6.54 Å². The first-order valence-corrected chi connectivity index (χ1v) is 7.24. The van der Waals surface area contributed by atoms with Crippen LogP contribution in [-0.4, -0.2) is 20.9 Å². The average molecular weight is 296 g/mol. The van der Waals surface area contributed by atoms with Gasteiger partial charge in [0.15, 0.2) is 0 Å². The molecule has 0 unspecified atom stereocenters. The molecule has 1 amide bonds. The summed E-state index contributed by atoms with van der Waals surface area (Å²) < 4.78 is 0. The van der Waals surface area contributed by atoms with Crippen LogP contribution in [0.25, 0.3) is 11.3 Å². The van der Waals surface area contributed by atoms with Gasteiger partial charge < -0.3 is 5.32 Å². The zero-order valence-electron chi connectivity index (χ0n) is 11.1. The highest BCUT2D eigenvalue weighted by Gasteiger charge is 2.08. The van der Waals surface area contributed by atoms with Crippen molar-refractivity contribution in [3.05, 3.63) is 65.0 Å². The topological polar surface area (TPSA) is 67.8 Å². The summed E-state index contributed by atoms with van der Waals surface area (Å²) in [5.41, 5.74) is 2.39. The predicted molar refractivity (Wildman–Crippen MR) is 80.8 cm³/mol. The molecular weight excluding hydrogens is 284 g/mol. The molecule has 5 nitrogen and oxygen atoms in total. The fraction of sp³-hybridized carbons (Fsp3) is 0.0667. The maximum atomic E-state index is 11.9. The van der Waals surface area contributed by atoms with E-state index >= 15 is 0 Å². The summed E-state index contributed by atoms with van der Waals surface area (Å²) in [5.74, 6) is -0.152. The molecule has 0 radical (unpaired) electrons. The average Bonchev–Trinajstić information content (AvgIpc) is 3.03. The van der Waals surface area contributed by atoms with Gasteiger partial charge in [-0.3, -0.25) is 14.8 Å². The summed E-state index contributed by atoms with van der Waals surface area (Å²) in [6.07, 6.45) is 6.67. The molecule has 3 aromatic rings. The molecule has 0 aliphatic rings. The van der Waals surface area contributed by atoms with Crippen LogP contribution in [0.3, 0.4) is 0 Å². The number of aromatic nitrogens is 3. The van der Waals surface area contributed by atoms with Crippen molar-refractivity contribution in [2.24, 2.45) is 0 Å². The second-order valence-electron chi connectivity index (χ2n) is 4.29. The number of pyridine rings is 2. The molecule has 3 heterocycles. The number of hydrogen-bond donors (Lipinski definition) is 1. The molecule has 0 atom stereocenters. The minimum atomic E-state index is -0.152. The van der Waals surface area contributed by atoms with E-state index < -0.39 is 0 Å². The lowest BCUT2D eigenvalue weighted by Crippen LogP contribution is -2.22. The first-order chi connectivity index (χ1) is 10.3. The number of nitrogens with zero attached hydrogens (tertiary/aromatic N) is 3. The van der Waals surface area contributed by atoms with E-state index in [1.165, 1.54) is 17.5 Å². The number of carbonyl (C=O) groups is 1. The van der Waals surface area contributed by atoms with Crippen LogP contribution >= 0.6 is 11.3 Å². The molecule has 0 aliphatic carbocycles. The molecule has 6 heteroatoms. The second kappa shape index (κ2) is 6.23. The van der Waals surface area contributed by atoms with Crippen molar-refractivity contribution in [1.82, 2.24) is 20.3 Å². The highest BCUT2D eigenvalue weighted by Crippen LogP contribution is 2.20. The van der Waals surface area contributed by atoms with E-state index in [-0.39, 0.29) is 5.91 Å². The molecule has 104 valence electrons. The van der Waals surface area contributed by atoms with Crippen LogP contribution in [0.15, 0.2) is 54.4 Å². The zero-order valence-corrected chi connectivity index (χ0v) is 11.9. The molecule has 1 N–H and O–H groups in total. The van der Waals surface area contributed by atoms with E-state index in [4.69, 9.17) is 0 Å². The number of rotatable bonds is 4. The molecule has 0 saturated carbocycles.